The van der Waals surface area contributed by atoms with Crippen molar-refractivity contribution in [1.82, 2.24) is 15.4 Å². The van der Waals surface area contributed by atoms with Crippen LogP contribution >= 0.6 is 0 Å². The van der Waals surface area contributed by atoms with Crippen molar-refractivity contribution in [3.63, 3.8) is 0 Å². The lowest BCUT2D eigenvalue weighted by Crippen LogP contribution is -2.52. The second kappa shape index (κ2) is 9.48. The zero-order valence-corrected chi connectivity index (χ0v) is 17.3. The van der Waals surface area contributed by atoms with Crippen molar-refractivity contribution in [3.8, 4) is 5.75 Å². The summed E-state index contributed by atoms with van der Waals surface area (Å²) in [5.41, 5.74) is 2.17. The molecule has 2 heterocycles. The average Bonchev–Trinajstić information content (AvgIpc) is 3.21. The summed E-state index contributed by atoms with van der Waals surface area (Å²) >= 11 is 0. The lowest BCUT2D eigenvalue weighted by molar-refractivity contribution is 0.363. The molecule has 0 aliphatic carbocycles. The number of anilines is 1. The van der Waals surface area contributed by atoms with Gasteiger partial charge in [0, 0.05) is 50.5 Å². The zero-order valence-electron chi connectivity index (χ0n) is 17.3. The van der Waals surface area contributed by atoms with Crippen molar-refractivity contribution in [1.29, 1.82) is 0 Å². The smallest absolute Gasteiger partial charge is 0.194 e. The number of benzene rings is 1. The number of ether oxygens (including phenoxy) is 1. The minimum Gasteiger partial charge on any atom is -0.497 e. The molecule has 1 aliphatic rings. The van der Waals surface area contributed by atoms with Crippen LogP contribution in [0.25, 0.3) is 0 Å². The van der Waals surface area contributed by atoms with Crippen LogP contribution in [0.4, 0.5) is 5.69 Å². The monoisotopic (exact) mass is 385 g/mol. The molecule has 7 nitrogen and oxygen atoms in total. The Bertz CT molecular complexity index is 779. The number of hydrogen-bond donors (Lipinski definition) is 1. The molecule has 28 heavy (non-hydrogen) atoms. The largest absolute Gasteiger partial charge is 0.497 e. The third kappa shape index (κ3) is 4.97. The van der Waals surface area contributed by atoms with E-state index in [1.807, 2.05) is 18.2 Å². The van der Waals surface area contributed by atoms with Crippen LogP contribution in [0, 0.1) is 0 Å². The number of hydrogen-bond acceptors (Lipinski definition) is 5. The van der Waals surface area contributed by atoms with E-state index in [1.54, 1.807) is 7.11 Å². The first kappa shape index (κ1) is 20.0. The molecule has 0 saturated carbocycles. The molecule has 1 N–H and O–H groups in total. The van der Waals surface area contributed by atoms with Crippen molar-refractivity contribution in [3.05, 3.63) is 41.8 Å². The van der Waals surface area contributed by atoms with Crippen molar-refractivity contribution in [2.24, 2.45) is 4.99 Å². The minimum atomic E-state index is 0.361. The third-order valence-corrected chi connectivity index (χ3v) is 4.89. The highest BCUT2D eigenvalue weighted by molar-refractivity contribution is 5.80. The van der Waals surface area contributed by atoms with Gasteiger partial charge < -0.3 is 24.4 Å². The molecular weight excluding hydrogens is 354 g/mol. The Labute approximate surface area is 167 Å². The number of aromatic nitrogens is 1. The van der Waals surface area contributed by atoms with Gasteiger partial charge in [-0.3, -0.25) is 0 Å². The highest BCUT2D eigenvalue weighted by atomic mass is 16.5. The predicted molar refractivity (Wildman–Crippen MR) is 112 cm³/mol. The minimum absolute atomic E-state index is 0.361. The fraction of sp³-hybridized carbons (Fsp3) is 0.524. The van der Waals surface area contributed by atoms with Crippen LogP contribution in [0.15, 0.2) is 39.8 Å². The number of methoxy groups -OCH3 is 1. The first-order valence-corrected chi connectivity index (χ1v) is 9.98. The number of aliphatic imine (C=N–C) groups is 1. The topological polar surface area (TPSA) is 66.1 Å². The van der Waals surface area contributed by atoms with E-state index in [-0.39, 0.29) is 0 Å². The first-order chi connectivity index (χ1) is 13.6. The van der Waals surface area contributed by atoms with Crippen LogP contribution in [-0.4, -0.2) is 55.8 Å². The highest BCUT2D eigenvalue weighted by Crippen LogP contribution is 2.22. The Morgan fingerprint density at radius 2 is 2.04 bits per heavy atom. The van der Waals surface area contributed by atoms with Gasteiger partial charge in [-0.15, -0.1) is 0 Å². The zero-order chi connectivity index (χ0) is 19.9. The molecule has 0 atom stereocenters. The summed E-state index contributed by atoms with van der Waals surface area (Å²) in [4.78, 5) is 9.45. The van der Waals surface area contributed by atoms with E-state index in [4.69, 9.17) is 14.3 Å². The molecule has 1 aliphatic heterocycles. The third-order valence-electron chi connectivity index (χ3n) is 4.89. The normalized spacial score (nSPS) is 15.2. The van der Waals surface area contributed by atoms with Gasteiger partial charge in [-0.1, -0.05) is 25.1 Å². The fourth-order valence-corrected chi connectivity index (χ4v) is 3.24. The number of guanidine groups is 1. The van der Waals surface area contributed by atoms with Gasteiger partial charge in [-0.25, -0.2) is 4.99 Å². The van der Waals surface area contributed by atoms with Crippen molar-refractivity contribution < 1.29 is 9.26 Å². The maximum Gasteiger partial charge on any atom is 0.194 e. The van der Waals surface area contributed by atoms with E-state index >= 15 is 0 Å². The molecule has 0 spiro atoms. The SMILES string of the molecule is CCNC(=NCc1cc(C(C)C)no1)N1CCN(c2cccc(OC)c2)CC1. The summed E-state index contributed by atoms with van der Waals surface area (Å²) in [5.74, 6) is 2.98. The fourth-order valence-electron chi connectivity index (χ4n) is 3.24. The van der Waals surface area contributed by atoms with Crippen LogP contribution in [0.3, 0.4) is 0 Å². The van der Waals surface area contributed by atoms with Crippen LogP contribution in [0.5, 0.6) is 5.75 Å². The van der Waals surface area contributed by atoms with Crippen LogP contribution in [0.2, 0.25) is 0 Å². The molecule has 0 bridgehead atoms. The lowest BCUT2D eigenvalue weighted by atomic mass is 10.1. The molecule has 152 valence electrons. The van der Waals surface area contributed by atoms with Crippen LogP contribution in [-0.2, 0) is 6.54 Å². The van der Waals surface area contributed by atoms with Gasteiger partial charge in [0.1, 0.15) is 12.3 Å². The molecule has 3 rings (SSSR count). The van der Waals surface area contributed by atoms with Gasteiger partial charge in [0.05, 0.1) is 12.8 Å². The molecule has 7 heteroatoms. The lowest BCUT2D eigenvalue weighted by Gasteiger charge is -2.37. The predicted octanol–water partition coefficient (Wildman–Crippen LogP) is 3.09. The summed E-state index contributed by atoms with van der Waals surface area (Å²) in [6.07, 6.45) is 0. The Morgan fingerprint density at radius 3 is 2.68 bits per heavy atom. The quantitative estimate of drug-likeness (QED) is 0.609. The Morgan fingerprint density at radius 1 is 1.25 bits per heavy atom. The van der Waals surface area contributed by atoms with E-state index < -0.39 is 0 Å². The van der Waals surface area contributed by atoms with Gasteiger partial charge in [0.2, 0.25) is 0 Å². The van der Waals surface area contributed by atoms with Gasteiger partial charge in [0.25, 0.3) is 0 Å². The second-order valence-corrected chi connectivity index (χ2v) is 7.22. The standard InChI is InChI=1S/C21H31N5O2/c1-5-22-21(23-15-19-14-20(16(2)3)24-28-19)26-11-9-25(10-12-26)17-7-6-8-18(13-17)27-4/h6-8,13-14,16H,5,9-12,15H2,1-4H3,(H,22,23). The molecule has 2 aromatic rings. The van der Waals surface area contributed by atoms with E-state index in [0.29, 0.717) is 12.5 Å². The summed E-state index contributed by atoms with van der Waals surface area (Å²) in [7, 11) is 1.70. The molecule has 0 unspecified atom stereocenters. The highest BCUT2D eigenvalue weighted by Gasteiger charge is 2.20. The first-order valence-electron chi connectivity index (χ1n) is 9.98. The molecular formula is C21H31N5O2. The number of piperazine rings is 1. The van der Waals surface area contributed by atoms with Crippen molar-refractivity contribution in [2.75, 3.05) is 44.7 Å². The Kier molecular flexibility index (Phi) is 6.79. The van der Waals surface area contributed by atoms with Crippen molar-refractivity contribution in [2.45, 2.75) is 33.2 Å². The molecule has 0 radical (unpaired) electrons. The number of rotatable bonds is 6. The van der Waals surface area contributed by atoms with Gasteiger partial charge in [-0.05, 0) is 25.0 Å². The Hall–Kier alpha value is -2.70. The molecule has 1 aromatic carbocycles. The van der Waals surface area contributed by atoms with E-state index in [9.17, 15) is 0 Å². The van der Waals surface area contributed by atoms with Gasteiger partial charge in [0.15, 0.2) is 11.7 Å². The van der Waals surface area contributed by atoms with E-state index in [1.165, 1.54) is 5.69 Å². The average molecular weight is 386 g/mol. The van der Waals surface area contributed by atoms with Crippen LogP contribution in [0.1, 0.15) is 38.1 Å². The van der Waals surface area contributed by atoms with Gasteiger partial charge in [-0.2, -0.15) is 0 Å². The maximum absolute atomic E-state index is 5.42. The van der Waals surface area contributed by atoms with Crippen molar-refractivity contribution >= 4 is 11.6 Å². The van der Waals surface area contributed by atoms with E-state index in [2.05, 4.69) is 53.2 Å². The summed E-state index contributed by atoms with van der Waals surface area (Å²) < 4.78 is 10.8. The van der Waals surface area contributed by atoms with Crippen LogP contribution < -0.4 is 15.0 Å². The number of nitrogens with one attached hydrogen (secondary N) is 1. The van der Waals surface area contributed by atoms with E-state index in [0.717, 1.165) is 55.9 Å². The summed E-state index contributed by atoms with van der Waals surface area (Å²) in [5, 5.41) is 7.51. The number of nitrogens with zero attached hydrogens (tertiary/aromatic N) is 4. The molecule has 1 saturated heterocycles. The summed E-state index contributed by atoms with van der Waals surface area (Å²) in [6, 6.07) is 10.2. The summed E-state index contributed by atoms with van der Waals surface area (Å²) in [6.45, 7) is 11.4. The maximum atomic E-state index is 5.42. The molecule has 1 fully saturated rings. The Balaban J connectivity index is 1.61. The molecule has 1 aromatic heterocycles. The second-order valence-electron chi connectivity index (χ2n) is 7.22. The molecule has 0 amide bonds. The van der Waals surface area contributed by atoms with Gasteiger partial charge >= 0.3 is 0 Å².